The van der Waals surface area contributed by atoms with Crippen molar-refractivity contribution in [3.63, 3.8) is 0 Å². The molecule has 4 N–H and O–H groups in total. The fourth-order valence-corrected chi connectivity index (χ4v) is 5.91. The number of rotatable bonds is 14. The van der Waals surface area contributed by atoms with Crippen molar-refractivity contribution in [3.8, 4) is 12.0 Å². The van der Waals surface area contributed by atoms with E-state index in [1.807, 2.05) is 4.90 Å². The van der Waals surface area contributed by atoms with Gasteiger partial charge in [-0.05, 0) is 35.4 Å². The van der Waals surface area contributed by atoms with Crippen molar-refractivity contribution in [2.24, 2.45) is 0 Å². The van der Waals surface area contributed by atoms with Gasteiger partial charge in [0, 0.05) is 31.0 Å². The molecule has 266 valence electrons. The second-order valence-electron chi connectivity index (χ2n) is 10.2. The number of nitrogens with one attached hydrogen (secondary N) is 3. The average Bonchev–Trinajstić information content (AvgIpc) is 3.09. The fraction of sp³-hybridized carbons (Fsp3) is 0.286. The van der Waals surface area contributed by atoms with E-state index in [9.17, 15) is 25.9 Å². The minimum Gasteiger partial charge on any atom is -0.744 e. The zero-order chi connectivity index (χ0) is 35.9. The van der Waals surface area contributed by atoms with Crippen LogP contribution in [0.25, 0.3) is 12.2 Å². The van der Waals surface area contributed by atoms with E-state index in [-0.39, 0.29) is 125 Å². The number of benzene rings is 2. The molecule has 3 heterocycles. The van der Waals surface area contributed by atoms with Crippen LogP contribution in [-0.2, 0) is 25.0 Å². The van der Waals surface area contributed by atoms with Gasteiger partial charge >= 0.3 is 71.1 Å². The number of nitrogens with zero attached hydrogens (tertiary/aromatic N) is 7. The number of hydrogen-bond donors (Lipinski definition) is 4. The number of hydrogen-bond acceptors (Lipinski definition) is 20. The van der Waals surface area contributed by atoms with Gasteiger partial charge in [0.1, 0.15) is 20.2 Å². The van der Waals surface area contributed by atoms with Crippen LogP contribution in [0.2, 0.25) is 0 Å². The molecule has 2 aromatic carbocycles. The van der Waals surface area contributed by atoms with Gasteiger partial charge in [-0.15, -0.1) is 0 Å². The van der Waals surface area contributed by atoms with Crippen LogP contribution in [0, 0.1) is 0 Å². The Bertz CT molecular complexity index is 2110. The number of aliphatic hydroxyl groups excluding tert-OH is 1. The first-order valence-corrected chi connectivity index (χ1v) is 17.4. The Morgan fingerprint density at radius 1 is 0.769 bits per heavy atom. The molecule has 4 aromatic rings. The van der Waals surface area contributed by atoms with Crippen molar-refractivity contribution < 1.29 is 104 Å². The Balaban J connectivity index is 0.00000364. The Labute approximate surface area is 343 Å². The Morgan fingerprint density at radius 2 is 1.25 bits per heavy atom. The quantitative estimate of drug-likeness (QED) is 0.0529. The fourth-order valence-electron chi connectivity index (χ4n) is 4.52. The molecule has 20 nitrogen and oxygen atoms in total. The molecule has 5 rings (SSSR count). The maximum Gasteiger partial charge on any atom is 1.00 e. The van der Waals surface area contributed by atoms with Gasteiger partial charge in [0.05, 0.1) is 43.8 Å². The van der Waals surface area contributed by atoms with Crippen molar-refractivity contribution in [2.75, 3.05) is 74.5 Å². The predicted octanol–water partition coefficient (Wildman–Crippen LogP) is -5.21. The average molecular weight is 777 g/mol. The monoisotopic (exact) mass is 776 g/mol. The summed E-state index contributed by atoms with van der Waals surface area (Å²) in [7, 11) is -7.44. The molecule has 0 radical (unpaired) electrons. The second kappa shape index (κ2) is 19.2. The Kier molecular flexibility index (Phi) is 15.9. The molecule has 24 heteroatoms. The van der Waals surface area contributed by atoms with Gasteiger partial charge in [-0.2, -0.15) is 29.9 Å². The molecule has 1 aliphatic heterocycles. The van der Waals surface area contributed by atoms with Crippen molar-refractivity contribution in [1.29, 1.82) is 0 Å². The summed E-state index contributed by atoms with van der Waals surface area (Å²) in [5.74, 6) is 0.308. The van der Waals surface area contributed by atoms with Gasteiger partial charge in [-0.3, -0.25) is 0 Å². The largest absolute Gasteiger partial charge is 1.00 e. The summed E-state index contributed by atoms with van der Waals surface area (Å²) in [5.41, 5.74) is 0.0430. The second-order valence-corrected chi connectivity index (χ2v) is 12.9. The van der Waals surface area contributed by atoms with Crippen molar-refractivity contribution >= 4 is 67.6 Å². The first-order chi connectivity index (χ1) is 23.9. The SMILES string of the molecule is COc1nc(NCCO)nc(Nc2ccc(/C=C/c3ccc(Nc4nc(OC)nc(N5CCOCC5)n4)cc3S(=O)(=O)[O-])c(S(=O)(=O)[O-])c2)n1.[Na+].[Na+]. The molecule has 1 fully saturated rings. The van der Waals surface area contributed by atoms with Crippen molar-refractivity contribution in [1.82, 2.24) is 29.9 Å². The third-order valence-corrected chi connectivity index (χ3v) is 8.58. The molecule has 1 aliphatic rings. The van der Waals surface area contributed by atoms with Crippen molar-refractivity contribution in [3.05, 3.63) is 47.5 Å². The van der Waals surface area contributed by atoms with Gasteiger partial charge in [0.2, 0.25) is 23.8 Å². The minimum atomic E-state index is -5.07. The third-order valence-electron chi connectivity index (χ3n) is 6.79. The molecular formula is C28H30N10Na2O10S2. The predicted molar refractivity (Wildman–Crippen MR) is 176 cm³/mol. The smallest absolute Gasteiger partial charge is 0.744 e. The van der Waals surface area contributed by atoms with Crippen LogP contribution < -0.4 is 89.4 Å². The van der Waals surface area contributed by atoms with Gasteiger partial charge in [-0.1, -0.05) is 24.3 Å². The first-order valence-electron chi connectivity index (χ1n) is 14.6. The van der Waals surface area contributed by atoms with Gasteiger partial charge in [0.25, 0.3) is 0 Å². The van der Waals surface area contributed by atoms with E-state index in [2.05, 4.69) is 45.9 Å². The van der Waals surface area contributed by atoms with Crippen LogP contribution in [-0.4, -0.2) is 115 Å². The number of aromatic nitrogens is 6. The van der Waals surface area contributed by atoms with E-state index < -0.39 is 30.0 Å². The van der Waals surface area contributed by atoms with Crippen LogP contribution in [0.1, 0.15) is 11.1 Å². The van der Waals surface area contributed by atoms with E-state index in [0.29, 0.717) is 32.3 Å². The minimum absolute atomic E-state index is 0. The van der Waals surface area contributed by atoms with Crippen LogP contribution in [0.15, 0.2) is 46.2 Å². The number of anilines is 6. The molecule has 0 unspecified atom stereocenters. The number of morpholine rings is 1. The molecule has 2 aromatic heterocycles. The van der Waals surface area contributed by atoms with Gasteiger partial charge in [-0.25, -0.2) is 16.8 Å². The molecule has 0 bridgehead atoms. The Hall–Kier alpha value is -3.26. The standard InChI is InChI=1S/C28H32N10O10S2.2Na/c1-46-27-34-23(29-9-12-39)32-24(35-27)30-19-7-5-17(21(15-19)49(40,41)42)3-4-18-6-8-20(16-22(18)50(43,44)45)31-25-33-26(37-28(36-25)47-2)38-10-13-48-14-11-38;;/h3-8,15-16,39H,9-14H2,1-2H3,(H,40,41,42)(H,43,44,45)(H,31,33,36,37)(H2,29,30,32,34,35);;/q;2*+1/p-2/b4-3+;;. The Morgan fingerprint density at radius 3 is 1.73 bits per heavy atom. The van der Waals surface area contributed by atoms with Gasteiger partial charge < -0.3 is 49.3 Å². The molecule has 1 saturated heterocycles. The zero-order valence-electron chi connectivity index (χ0n) is 28.4. The van der Waals surface area contributed by atoms with Crippen LogP contribution >= 0.6 is 0 Å². The number of ether oxygens (including phenoxy) is 3. The van der Waals surface area contributed by atoms with E-state index in [1.54, 1.807) is 0 Å². The third kappa shape index (κ3) is 11.6. The molecule has 0 amide bonds. The summed E-state index contributed by atoms with van der Waals surface area (Å²) in [4.78, 5) is 25.4. The summed E-state index contributed by atoms with van der Waals surface area (Å²) < 4.78 is 89.3. The normalized spacial score (nSPS) is 13.1. The number of methoxy groups -OCH3 is 2. The zero-order valence-corrected chi connectivity index (χ0v) is 34.1. The maximum atomic E-state index is 12.3. The summed E-state index contributed by atoms with van der Waals surface area (Å²) in [6.07, 6.45) is 2.37. The van der Waals surface area contributed by atoms with Crippen LogP contribution in [0.3, 0.4) is 0 Å². The topological polar surface area (TPSA) is 279 Å². The summed E-state index contributed by atoms with van der Waals surface area (Å²) in [6.45, 7) is 1.93. The maximum absolute atomic E-state index is 12.3. The molecule has 0 atom stereocenters. The summed E-state index contributed by atoms with van der Waals surface area (Å²) in [6, 6.07) is 7.47. The van der Waals surface area contributed by atoms with E-state index in [0.717, 1.165) is 12.1 Å². The van der Waals surface area contributed by atoms with Gasteiger partial charge in [0.15, 0.2) is 0 Å². The van der Waals surface area contributed by atoms with Crippen LogP contribution in [0.4, 0.5) is 35.2 Å². The molecule has 0 aliphatic carbocycles. The molecule has 0 saturated carbocycles. The molecule has 0 spiro atoms. The molecule has 52 heavy (non-hydrogen) atoms. The summed E-state index contributed by atoms with van der Waals surface area (Å²) >= 11 is 0. The number of aliphatic hydroxyl groups is 1. The first kappa shape index (κ1) is 43.1. The van der Waals surface area contributed by atoms with E-state index in [1.165, 1.54) is 50.6 Å². The molecular weight excluding hydrogens is 746 g/mol. The summed E-state index contributed by atoms with van der Waals surface area (Å²) in [5, 5.41) is 17.4. The van der Waals surface area contributed by atoms with Crippen molar-refractivity contribution in [2.45, 2.75) is 9.79 Å². The van der Waals surface area contributed by atoms with Crippen LogP contribution in [0.5, 0.6) is 12.0 Å². The van der Waals surface area contributed by atoms with E-state index in [4.69, 9.17) is 19.3 Å². The van der Waals surface area contributed by atoms with E-state index >= 15 is 0 Å².